The molecule has 1 saturated heterocycles. The molecule has 2 nitrogen and oxygen atoms in total. The molecule has 1 atom stereocenters. The third-order valence-electron chi connectivity index (χ3n) is 5.58. The molecule has 2 aromatic carbocycles. The van der Waals surface area contributed by atoms with Crippen LogP contribution in [0.3, 0.4) is 0 Å². The van der Waals surface area contributed by atoms with Crippen LogP contribution in [-0.4, -0.2) is 17.4 Å². The molecule has 1 aliphatic carbocycles. The molecule has 0 radical (unpaired) electrons. The van der Waals surface area contributed by atoms with Crippen LogP contribution in [0.25, 0.3) is 5.57 Å². The Hall–Kier alpha value is -1.91. The fourth-order valence-corrected chi connectivity index (χ4v) is 6.96. The van der Waals surface area contributed by atoms with Gasteiger partial charge in [0, 0.05) is 11.5 Å². The summed E-state index contributed by atoms with van der Waals surface area (Å²) in [6, 6.07) is 19.0. The van der Waals surface area contributed by atoms with Crippen LogP contribution >= 0.6 is 23.5 Å². The molecular weight excluding hydrogens is 370 g/mol. The summed E-state index contributed by atoms with van der Waals surface area (Å²) in [5, 5.41) is 3.41. The van der Waals surface area contributed by atoms with Gasteiger partial charge in [0.25, 0.3) is 5.91 Å². The average molecular weight is 392 g/mol. The molecule has 0 aromatic heterocycles. The van der Waals surface area contributed by atoms with Gasteiger partial charge in [-0.2, -0.15) is 0 Å². The van der Waals surface area contributed by atoms with Crippen molar-refractivity contribution in [3.8, 4) is 0 Å². The lowest BCUT2D eigenvalue weighted by Crippen LogP contribution is -2.50. The normalized spacial score (nSPS) is 24.6. The highest BCUT2D eigenvalue weighted by molar-refractivity contribution is 8.25. The SMILES string of the molecule is O=C1NC2(C=C(c3ccccc3)C1=C1SCCS1)CCCc1ccccc12. The van der Waals surface area contributed by atoms with E-state index >= 15 is 0 Å². The Balaban J connectivity index is 1.74. The maximum Gasteiger partial charge on any atom is 0.254 e. The molecule has 1 unspecified atom stereocenters. The summed E-state index contributed by atoms with van der Waals surface area (Å²) in [5.41, 5.74) is 5.30. The average Bonchev–Trinajstić information content (AvgIpc) is 3.23. The topological polar surface area (TPSA) is 29.1 Å². The summed E-state index contributed by atoms with van der Waals surface area (Å²) in [7, 11) is 0. The first-order valence-electron chi connectivity index (χ1n) is 9.46. The third-order valence-corrected chi connectivity index (χ3v) is 8.29. The van der Waals surface area contributed by atoms with Crippen molar-refractivity contribution in [2.45, 2.75) is 24.8 Å². The van der Waals surface area contributed by atoms with Gasteiger partial charge < -0.3 is 5.32 Å². The Morgan fingerprint density at radius 1 is 0.926 bits per heavy atom. The van der Waals surface area contributed by atoms with Gasteiger partial charge in [-0.05, 0) is 47.6 Å². The van der Waals surface area contributed by atoms with Crippen molar-refractivity contribution in [2.75, 3.05) is 11.5 Å². The van der Waals surface area contributed by atoms with Crippen molar-refractivity contribution in [3.63, 3.8) is 0 Å². The van der Waals surface area contributed by atoms with Crippen LogP contribution in [0.2, 0.25) is 0 Å². The molecule has 0 saturated carbocycles. The molecule has 0 bridgehead atoms. The van der Waals surface area contributed by atoms with Gasteiger partial charge in [0.05, 0.1) is 15.3 Å². The van der Waals surface area contributed by atoms with Crippen molar-refractivity contribution < 1.29 is 4.79 Å². The third kappa shape index (κ3) is 2.95. The number of thioether (sulfide) groups is 2. The van der Waals surface area contributed by atoms with E-state index in [4.69, 9.17) is 0 Å². The first-order chi connectivity index (χ1) is 13.3. The van der Waals surface area contributed by atoms with Gasteiger partial charge in [0.2, 0.25) is 0 Å². The van der Waals surface area contributed by atoms with Crippen LogP contribution in [0, 0.1) is 0 Å². The van der Waals surface area contributed by atoms with Crippen molar-refractivity contribution in [1.29, 1.82) is 0 Å². The largest absolute Gasteiger partial charge is 0.339 e. The van der Waals surface area contributed by atoms with E-state index in [2.05, 4.69) is 59.9 Å². The highest BCUT2D eigenvalue weighted by Gasteiger charge is 2.42. The number of rotatable bonds is 1. The molecule has 3 aliphatic rings. The van der Waals surface area contributed by atoms with E-state index < -0.39 is 5.54 Å². The fraction of sp³-hybridized carbons (Fsp3) is 0.261. The van der Waals surface area contributed by atoms with Crippen molar-refractivity contribution in [2.24, 2.45) is 0 Å². The molecule has 2 aromatic rings. The minimum Gasteiger partial charge on any atom is -0.339 e. The first-order valence-corrected chi connectivity index (χ1v) is 11.4. The zero-order valence-electron chi connectivity index (χ0n) is 15.0. The Kier molecular flexibility index (Phi) is 4.41. The smallest absolute Gasteiger partial charge is 0.254 e. The number of fused-ring (bicyclic) bond motifs is 2. The van der Waals surface area contributed by atoms with Crippen molar-refractivity contribution >= 4 is 35.0 Å². The van der Waals surface area contributed by atoms with E-state index in [0.29, 0.717) is 0 Å². The second kappa shape index (κ2) is 6.92. The van der Waals surface area contributed by atoms with E-state index in [1.165, 1.54) is 15.4 Å². The van der Waals surface area contributed by atoms with E-state index in [1.54, 1.807) is 0 Å². The minimum absolute atomic E-state index is 0.0740. The van der Waals surface area contributed by atoms with E-state index in [-0.39, 0.29) is 5.91 Å². The van der Waals surface area contributed by atoms with Crippen molar-refractivity contribution in [1.82, 2.24) is 5.32 Å². The molecule has 4 heteroatoms. The fourth-order valence-electron chi connectivity index (χ4n) is 4.39. The Labute approximate surface area is 168 Å². The zero-order chi connectivity index (χ0) is 18.3. The Bertz CT molecular complexity index is 955. The molecule has 136 valence electrons. The molecule has 1 N–H and O–H groups in total. The van der Waals surface area contributed by atoms with Crippen LogP contribution in [0.4, 0.5) is 0 Å². The van der Waals surface area contributed by atoms with Gasteiger partial charge in [0.15, 0.2) is 0 Å². The highest BCUT2D eigenvalue weighted by Crippen LogP contribution is 2.48. The lowest BCUT2D eigenvalue weighted by Gasteiger charge is -2.41. The lowest BCUT2D eigenvalue weighted by atomic mass is 9.72. The second-order valence-electron chi connectivity index (χ2n) is 7.22. The molecule has 27 heavy (non-hydrogen) atoms. The maximum absolute atomic E-state index is 13.4. The van der Waals surface area contributed by atoms with Crippen LogP contribution in [0.15, 0.2) is 70.5 Å². The van der Waals surface area contributed by atoms with Gasteiger partial charge in [-0.15, -0.1) is 23.5 Å². The highest BCUT2D eigenvalue weighted by atomic mass is 32.2. The Morgan fingerprint density at radius 2 is 1.67 bits per heavy atom. The summed E-state index contributed by atoms with van der Waals surface area (Å²) in [5.74, 6) is 2.23. The number of hydrogen-bond donors (Lipinski definition) is 1. The molecule has 1 fully saturated rings. The summed E-state index contributed by atoms with van der Waals surface area (Å²) >= 11 is 3.63. The minimum atomic E-state index is -0.394. The predicted molar refractivity (Wildman–Crippen MR) is 116 cm³/mol. The quantitative estimate of drug-likeness (QED) is 0.684. The lowest BCUT2D eigenvalue weighted by molar-refractivity contribution is -0.119. The number of hydrogen-bond acceptors (Lipinski definition) is 3. The molecule has 2 aliphatic heterocycles. The predicted octanol–water partition coefficient (Wildman–Crippen LogP) is 5.12. The zero-order valence-corrected chi connectivity index (χ0v) is 16.7. The van der Waals surface area contributed by atoms with Gasteiger partial charge in [-0.25, -0.2) is 0 Å². The summed E-state index contributed by atoms with van der Waals surface area (Å²) in [6.45, 7) is 0. The number of carbonyl (C=O) groups is 1. The summed E-state index contributed by atoms with van der Waals surface area (Å²) in [4.78, 5) is 13.4. The van der Waals surface area contributed by atoms with Crippen LogP contribution in [-0.2, 0) is 16.8 Å². The number of nitrogens with one attached hydrogen (secondary N) is 1. The van der Waals surface area contributed by atoms with E-state index in [0.717, 1.165) is 47.5 Å². The van der Waals surface area contributed by atoms with Crippen LogP contribution in [0.5, 0.6) is 0 Å². The summed E-state index contributed by atoms with van der Waals surface area (Å²) in [6.07, 6.45) is 5.46. The van der Waals surface area contributed by atoms with Crippen LogP contribution in [0.1, 0.15) is 29.5 Å². The second-order valence-corrected chi connectivity index (χ2v) is 9.69. The van der Waals surface area contributed by atoms with Gasteiger partial charge in [0.1, 0.15) is 0 Å². The van der Waals surface area contributed by atoms with Crippen molar-refractivity contribution in [3.05, 3.63) is 87.2 Å². The van der Waals surface area contributed by atoms with E-state index in [9.17, 15) is 4.79 Å². The van der Waals surface area contributed by atoms with Gasteiger partial charge in [-0.3, -0.25) is 4.79 Å². The number of benzene rings is 2. The van der Waals surface area contributed by atoms with Gasteiger partial charge in [-0.1, -0.05) is 54.6 Å². The van der Waals surface area contributed by atoms with Gasteiger partial charge >= 0.3 is 0 Å². The maximum atomic E-state index is 13.4. The first kappa shape index (κ1) is 17.2. The summed E-state index contributed by atoms with van der Waals surface area (Å²) < 4.78 is 1.17. The molecule has 2 heterocycles. The van der Waals surface area contributed by atoms with Crippen LogP contribution < -0.4 is 5.32 Å². The molecular formula is C23H21NOS2. The molecule has 1 spiro atoms. The number of carbonyl (C=O) groups excluding carboxylic acids is 1. The number of amides is 1. The molecule has 5 rings (SSSR count). The number of aryl methyl sites for hydroxylation is 1. The monoisotopic (exact) mass is 391 g/mol. The molecule has 1 amide bonds. The Morgan fingerprint density at radius 3 is 2.48 bits per heavy atom. The standard InChI is InChI=1S/C23H21NOS2/c25-21-20(22-26-13-14-27-22)18(16-7-2-1-3-8-16)15-23(24-21)12-6-10-17-9-4-5-11-19(17)23/h1-5,7-9,11,15H,6,10,12-14H2,(H,24,25). The van der Waals surface area contributed by atoms with E-state index in [1.807, 2.05) is 29.6 Å².